The van der Waals surface area contributed by atoms with Gasteiger partial charge >= 0.3 is 5.97 Å². The van der Waals surface area contributed by atoms with E-state index in [0.29, 0.717) is 11.3 Å². The lowest BCUT2D eigenvalue weighted by Crippen LogP contribution is -2.30. The summed E-state index contributed by atoms with van der Waals surface area (Å²) in [4.78, 5) is 62.4. The van der Waals surface area contributed by atoms with Crippen molar-refractivity contribution in [1.82, 2.24) is 0 Å². The van der Waals surface area contributed by atoms with Gasteiger partial charge in [-0.15, -0.1) is 0 Å². The molecule has 34 heavy (non-hydrogen) atoms. The molecule has 8 heteroatoms. The maximum absolute atomic E-state index is 13.0. The van der Waals surface area contributed by atoms with E-state index in [9.17, 15) is 24.0 Å². The monoisotopic (exact) mass is 456 g/mol. The minimum atomic E-state index is -1.19. The Morgan fingerprint density at radius 2 is 1.47 bits per heavy atom. The highest BCUT2D eigenvalue weighted by atomic mass is 16.5. The van der Waals surface area contributed by atoms with Gasteiger partial charge in [-0.2, -0.15) is 0 Å². The summed E-state index contributed by atoms with van der Waals surface area (Å²) in [6.45, 7) is 2.82. The molecule has 0 saturated heterocycles. The molecule has 0 bridgehead atoms. The van der Waals surface area contributed by atoms with Crippen LogP contribution >= 0.6 is 0 Å². The van der Waals surface area contributed by atoms with Crippen LogP contribution in [0.4, 0.5) is 11.4 Å². The molecule has 0 aromatic heterocycles. The minimum absolute atomic E-state index is 0.0548. The van der Waals surface area contributed by atoms with Crippen LogP contribution in [-0.2, 0) is 9.53 Å². The van der Waals surface area contributed by atoms with Crippen LogP contribution in [0.1, 0.15) is 66.4 Å². The lowest BCUT2D eigenvalue weighted by molar-refractivity contribution is -0.123. The molecule has 0 aliphatic heterocycles. The molecule has 170 valence electrons. The first-order valence-electron chi connectivity index (χ1n) is 10.4. The Bertz CT molecular complexity index is 1370. The van der Waals surface area contributed by atoms with Crippen LogP contribution in [0.15, 0.2) is 60.7 Å². The molecule has 3 aromatic rings. The Morgan fingerprint density at radius 3 is 2.09 bits per heavy atom. The average Bonchev–Trinajstić information content (AvgIpc) is 2.82. The smallest absolute Gasteiger partial charge is 0.341 e. The number of hydrogen-bond acceptors (Lipinski definition) is 7. The summed E-state index contributed by atoms with van der Waals surface area (Å²) < 4.78 is 5.25. The Kier molecular flexibility index (Phi) is 5.81. The molecular formula is C26H20N2O6. The number of benzene rings is 3. The van der Waals surface area contributed by atoms with Crippen molar-refractivity contribution in [2.45, 2.75) is 20.0 Å². The van der Waals surface area contributed by atoms with Gasteiger partial charge in [0.05, 0.1) is 16.8 Å². The zero-order valence-corrected chi connectivity index (χ0v) is 18.4. The Balaban J connectivity index is 1.52. The molecular weight excluding hydrogens is 436 g/mol. The number of nitrogens with one attached hydrogen (secondary N) is 1. The molecule has 3 N–H and O–H groups in total. The van der Waals surface area contributed by atoms with E-state index in [2.05, 4.69) is 5.32 Å². The molecule has 1 unspecified atom stereocenters. The van der Waals surface area contributed by atoms with Gasteiger partial charge < -0.3 is 15.8 Å². The van der Waals surface area contributed by atoms with Gasteiger partial charge in [-0.3, -0.25) is 19.2 Å². The van der Waals surface area contributed by atoms with Crippen LogP contribution in [0, 0.1) is 0 Å². The Morgan fingerprint density at radius 1 is 0.853 bits per heavy atom. The van der Waals surface area contributed by atoms with Crippen molar-refractivity contribution in [2.24, 2.45) is 0 Å². The van der Waals surface area contributed by atoms with Crippen molar-refractivity contribution in [3.05, 3.63) is 94.0 Å². The number of carbonyl (C=O) groups is 5. The normalized spacial score (nSPS) is 12.9. The topological polar surface area (TPSA) is 133 Å². The van der Waals surface area contributed by atoms with Crippen LogP contribution in [0.3, 0.4) is 0 Å². The summed E-state index contributed by atoms with van der Waals surface area (Å²) in [6.07, 6.45) is -1.19. The van der Waals surface area contributed by atoms with Crippen molar-refractivity contribution in [3.8, 4) is 0 Å². The summed E-state index contributed by atoms with van der Waals surface area (Å²) in [5.41, 5.74) is 7.29. The SMILES string of the molecule is CC(=O)c1ccc(NC(=O)C(C)OC(=O)c2ccc3c(c2N)C(=O)c2ccccc2C3=O)cc1. The molecule has 3 aromatic carbocycles. The number of ketones is 3. The van der Waals surface area contributed by atoms with Gasteiger partial charge in [0, 0.05) is 27.9 Å². The van der Waals surface area contributed by atoms with Gasteiger partial charge in [-0.1, -0.05) is 24.3 Å². The van der Waals surface area contributed by atoms with E-state index in [1.807, 2.05) is 0 Å². The van der Waals surface area contributed by atoms with E-state index in [-0.39, 0.29) is 45.1 Å². The second-order valence-electron chi connectivity index (χ2n) is 7.82. The fraction of sp³-hybridized carbons (Fsp3) is 0.115. The highest BCUT2D eigenvalue weighted by molar-refractivity contribution is 6.30. The first-order chi connectivity index (χ1) is 16.2. The molecule has 4 rings (SSSR count). The van der Waals surface area contributed by atoms with Gasteiger partial charge in [0.1, 0.15) is 0 Å². The van der Waals surface area contributed by atoms with E-state index in [4.69, 9.17) is 10.5 Å². The molecule has 1 aliphatic rings. The van der Waals surface area contributed by atoms with Gasteiger partial charge in [-0.05, 0) is 50.2 Å². The van der Waals surface area contributed by atoms with E-state index < -0.39 is 23.8 Å². The van der Waals surface area contributed by atoms with Crippen LogP contribution in [0.25, 0.3) is 0 Å². The molecule has 0 saturated carbocycles. The molecule has 1 amide bonds. The van der Waals surface area contributed by atoms with Crippen molar-refractivity contribution in [2.75, 3.05) is 11.1 Å². The Labute approximate surface area is 194 Å². The van der Waals surface area contributed by atoms with Crippen LogP contribution in [0.2, 0.25) is 0 Å². The third-order valence-electron chi connectivity index (χ3n) is 5.57. The first kappa shape index (κ1) is 22.6. The number of esters is 1. The zero-order chi connectivity index (χ0) is 24.6. The number of hydrogen-bond donors (Lipinski definition) is 2. The highest BCUT2D eigenvalue weighted by Gasteiger charge is 2.33. The quantitative estimate of drug-likeness (QED) is 0.267. The van der Waals surface area contributed by atoms with Crippen molar-refractivity contribution in [3.63, 3.8) is 0 Å². The summed E-state index contributed by atoms with van der Waals surface area (Å²) in [5.74, 6) is -2.43. The summed E-state index contributed by atoms with van der Waals surface area (Å²) in [6, 6.07) is 15.3. The maximum Gasteiger partial charge on any atom is 0.341 e. The first-order valence-corrected chi connectivity index (χ1v) is 10.4. The van der Waals surface area contributed by atoms with Gasteiger partial charge in [0.25, 0.3) is 5.91 Å². The summed E-state index contributed by atoms with van der Waals surface area (Å²) in [7, 11) is 0. The predicted molar refractivity (Wildman–Crippen MR) is 124 cm³/mol. The lowest BCUT2D eigenvalue weighted by atomic mass is 9.82. The second kappa shape index (κ2) is 8.74. The van der Waals surface area contributed by atoms with Gasteiger partial charge in [-0.25, -0.2) is 4.79 Å². The zero-order valence-electron chi connectivity index (χ0n) is 18.4. The second-order valence-corrected chi connectivity index (χ2v) is 7.82. The number of amides is 1. The number of rotatable bonds is 5. The molecule has 0 spiro atoms. The molecule has 1 aliphatic carbocycles. The number of ether oxygens (including phenoxy) is 1. The molecule has 8 nitrogen and oxygen atoms in total. The fourth-order valence-electron chi connectivity index (χ4n) is 3.70. The van der Waals surface area contributed by atoms with E-state index in [0.717, 1.165) is 0 Å². The third-order valence-corrected chi connectivity index (χ3v) is 5.57. The molecule has 1 atom stereocenters. The summed E-state index contributed by atoms with van der Waals surface area (Å²) in [5, 5.41) is 2.60. The average molecular weight is 456 g/mol. The standard InChI is InChI=1S/C26H20N2O6/c1-13(29)15-7-9-16(10-8-15)28-25(32)14(2)34-26(33)20-12-11-19-21(22(20)27)24(31)18-6-4-3-5-17(18)23(19)30/h3-12,14H,27H2,1-2H3,(H,28,32). The van der Waals surface area contributed by atoms with Crippen LogP contribution in [-0.4, -0.2) is 35.3 Å². The number of Topliss-reactive ketones (excluding diaryl/α,β-unsaturated/α-hetero) is 1. The predicted octanol–water partition coefficient (Wildman–Crippen LogP) is 3.43. The van der Waals surface area contributed by atoms with E-state index >= 15 is 0 Å². The van der Waals surface area contributed by atoms with Crippen molar-refractivity contribution in [1.29, 1.82) is 0 Å². The largest absolute Gasteiger partial charge is 0.449 e. The van der Waals surface area contributed by atoms with Gasteiger partial charge in [0.15, 0.2) is 23.5 Å². The number of anilines is 2. The van der Waals surface area contributed by atoms with E-state index in [1.54, 1.807) is 42.5 Å². The Hall–Kier alpha value is -4.59. The lowest BCUT2D eigenvalue weighted by Gasteiger charge is -2.20. The minimum Gasteiger partial charge on any atom is -0.449 e. The number of nitrogens with two attached hydrogens (primary N) is 1. The maximum atomic E-state index is 13.0. The van der Waals surface area contributed by atoms with Crippen LogP contribution < -0.4 is 11.1 Å². The van der Waals surface area contributed by atoms with E-state index in [1.165, 1.54) is 32.0 Å². The van der Waals surface area contributed by atoms with Gasteiger partial charge in [0.2, 0.25) is 0 Å². The third kappa shape index (κ3) is 3.97. The number of carbonyl (C=O) groups excluding carboxylic acids is 5. The van der Waals surface area contributed by atoms with Crippen molar-refractivity contribution < 1.29 is 28.7 Å². The summed E-state index contributed by atoms with van der Waals surface area (Å²) >= 11 is 0. The van der Waals surface area contributed by atoms with Crippen molar-refractivity contribution >= 4 is 40.6 Å². The number of fused-ring (bicyclic) bond motifs is 2. The molecule has 0 fully saturated rings. The number of nitrogen functional groups attached to an aromatic ring is 1. The van der Waals surface area contributed by atoms with Crippen LogP contribution in [0.5, 0.6) is 0 Å². The molecule has 0 radical (unpaired) electrons. The molecule has 0 heterocycles. The highest BCUT2D eigenvalue weighted by Crippen LogP contribution is 2.33. The fourth-order valence-corrected chi connectivity index (χ4v) is 3.70.